The zero-order valence-electron chi connectivity index (χ0n) is 13.9. The zero-order chi connectivity index (χ0) is 19.4. The number of carbonyl (C=O) groups is 1. The van der Waals surface area contributed by atoms with E-state index in [0.717, 1.165) is 12.1 Å². The molecule has 0 aromatic heterocycles. The van der Waals surface area contributed by atoms with Gasteiger partial charge in [-0.25, -0.2) is 4.39 Å². The molecule has 1 rings (SSSR count). The van der Waals surface area contributed by atoms with Crippen LogP contribution in [0.4, 0.5) is 17.6 Å². The molecule has 1 aromatic carbocycles. The summed E-state index contributed by atoms with van der Waals surface area (Å²) < 4.78 is 67.8. The summed E-state index contributed by atoms with van der Waals surface area (Å²) in [5, 5.41) is 8.73. The SMILES string of the molecule is CC(C)(C)[S@@+]([O-])N=C(CC(CC(=O)O)C(F)(F)F)c1ccc(F)cc1. The van der Waals surface area contributed by atoms with Crippen molar-refractivity contribution in [3.63, 3.8) is 0 Å². The number of alkyl halides is 3. The number of carboxylic acid groups (broad SMARTS) is 1. The van der Waals surface area contributed by atoms with Crippen LogP contribution >= 0.6 is 0 Å². The maximum Gasteiger partial charge on any atom is 0.392 e. The number of halogens is 4. The molecule has 1 aromatic rings. The number of nitrogens with zero attached hydrogens (tertiary/aromatic N) is 1. The number of carboxylic acids is 1. The summed E-state index contributed by atoms with van der Waals surface area (Å²) in [6, 6.07) is 4.54. The standard InChI is InChI=1S/C16H19F4NO3S/c1-15(2,3)25(24)21-13(10-4-6-12(17)7-5-10)8-11(9-14(22)23)16(18,19)20/h4-7,11H,8-9H2,1-3H3,(H,22,23)/t11?,25-/m1/s1. The van der Waals surface area contributed by atoms with E-state index in [4.69, 9.17) is 5.11 Å². The van der Waals surface area contributed by atoms with Crippen molar-refractivity contribution in [2.75, 3.05) is 0 Å². The highest BCUT2D eigenvalue weighted by atomic mass is 32.2. The molecule has 0 radical (unpaired) electrons. The lowest BCUT2D eigenvalue weighted by atomic mass is 9.94. The topological polar surface area (TPSA) is 72.7 Å². The quantitative estimate of drug-likeness (QED) is 0.458. The summed E-state index contributed by atoms with van der Waals surface area (Å²) in [7, 11) is 0. The van der Waals surface area contributed by atoms with Crippen LogP contribution in [0.25, 0.3) is 0 Å². The van der Waals surface area contributed by atoms with Crippen LogP contribution in [0, 0.1) is 11.7 Å². The first-order chi connectivity index (χ1) is 11.3. The minimum atomic E-state index is -4.76. The number of hydrogen-bond donors (Lipinski definition) is 1. The second-order valence-electron chi connectivity index (χ2n) is 6.45. The van der Waals surface area contributed by atoms with Crippen molar-refractivity contribution in [3.05, 3.63) is 35.6 Å². The second-order valence-corrected chi connectivity index (χ2v) is 8.35. The smallest absolute Gasteiger partial charge is 0.392 e. The molecule has 2 atom stereocenters. The molecule has 0 spiro atoms. The molecule has 0 aliphatic heterocycles. The van der Waals surface area contributed by atoms with Gasteiger partial charge >= 0.3 is 12.1 Å². The summed E-state index contributed by atoms with van der Waals surface area (Å²) in [6.07, 6.45) is -6.66. The first-order valence-corrected chi connectivity index (χ1v) is 8.45. The Morgan fingerprint density at radius 3 is 2.12 bits per heavy atom. The van der Waals surface area contributed by atoms with Crippen LogP contribution in [0.1, 0.15) is 39.2 Å². The Balaban J connectivity index is 3.27. The van der Waals surface area contributed by atoms with Crippen molar-refractivity contribution in [2.45, 2.75) is 44.5 Å². The molecule has 25 heavy (non-hydrogen) atoms. The van der Waals surface area contributed by atoms with Crippen LogP contribution in [0.2, 0.25) is 0 Å². The largest absolute Gasteiger partial charge is 0.591 e. The highest BCUT2D eigenvalue weighted by Crippen LogP contribution is 2.33. The van der Waals surface area contributed by atoms with E-state index in [0.29, 0.717) is 0 Å². The van der Waals surface area contributed by atoms with Gasteiger partial charge in [-0.3, -0.25) is 4.79 Å². The third kappa shape index (κ3) is 7.03. The fourth-order valence-corrected chi connectivity index (χ4v) is 2.49. The van der Waals surface area contributed by atoms with Crippen LogP contribution in [-0.4, -0.2) is 32.3 Å². The van der Waals surface area contributed by atoms with Crippen molar-refractivity contribution in [1.29, 1.82) is 0 Å². The Labute approximate surface area is 146 Å². The summed E-state index contributed by atoms with van der Waals surface area (Å²) in [5.74, 6) is -4.37. The molecule has 0 saturated carbocycles. The number of aliphatic carboxylic acids is 1. The third-order valence-electron chi connectivity index (χ3n) is 3.22. The summed E-state index contributed by atoms with van der Waals surface area (Å²) in [4.78, 5) is 10.8. The molecule has 0 fully saturated rings. The highest BCUT2D eigenvalue weighted by Gasteiger charge is 2.42. The van der Waals surface area contributed by atoms with E-state index in [1.165, 1.54) is 12.1 Å². The van der Waals surface area contributed by atoms with Gasteiger partial charge in [0.2, 0.25) is 0 Å². The van der Waals surface area contributed by atoms with Crippen molar-refractivity contribution < 1.29 is 32.0 Å². The number of hydrogen-bond acceptors (Lipinski definition) is 3. The van der Waals surface area contributed by atoms with E-state index in [-0.39, 0.29) is 11.3 Å². The molecule has 0 aliphatic rings. The van der Waals surface area contributed by atoms with Crippen molar-refractivity contribution >= 4 is 23.0 Å². The second kappa shape index (κ2) is 8.18. The van der Waals surface area contributed by atoms with Gasteiger partial charge in [0.15, 0.2) is 0 Å². The van der Waals surface area contributed by atoms with Crippen LogP contribution < -0.4 is 0 Å². The first-order valence-electron chi connectivity index (χ1n) is 7.34. The molecule has 0 aliphatic carbocycles. The fourth-order valence-electron chi connectivity index (χ4n) is 1.83. The average molecular weight is 381 g/mol. The lowest BCUT2D eigenvalue weighted by molar-refractivity contribution is -0.181. The van der Waals surface area contributed by atoms with Gasteiger partial charge in [0.25, 0.3) is 0 Å². The van der Waals surface area contributed by atoms with Gasteiger partial charge < -0.3 is 9.66 Å². The maximum atomic E-state index is 13.1. The first kappa shape index (κ1) is 21.4. The van der Waals surface area contributed by atoms with Gasteiger partial charge in [-0.05, 0) is 32.9 Å². The van der Waals surface area contributed by atoms with E-state index in [1.807, 2.05) is 0 Å². The van der Waals surface area contributed by atoms with E-state index in [2.05, 4.69) is 4.40 Å². The van der Waals surface area contributed by atoms with Crippen molar-refractivity contribution in [1.82, 2.24) is 0 Å². The molecule has 1 N–H and O–H groups in total. The predicted octanol–water partition coefficient (Wildman–Crippen LogP) is 4.12. The summed E-state index contributed by atoms with van der Waals surface area (Å²) in [5.41, 5.74) is -0.00419. The van der Waals surface area contributed by atoms with Crippen LogP contribution in [0.3, 0.4) is 0 Å². The van der Waals surface area contributed by atoms with Gasteiger partial charge in [-0.2, -0.15) is 13.2 Å². The Morgan fingerprint density at radius 1 is 1.20 bits per heavy atom. The van der Waals surface area contributed by atoms with Crippen molar-refractivity contribution in [2.24, 2.45) is 10.3 Å². The molecular weight excluding hydrogens is 362 g/mol. The van der Waals surface area contributed by atoms with E-state index < -0.39 is 52.8 Å². The van der Waals surface area contributed by atoms with Gasteiger partial charge in [-0.15, -0.1) is 0 Å². The maximum absolute atomic E-state index is 13.1. The molecule has 140 valence electrons. The molecule has 0 bridgehead atoms. The molecule has 0 heterocycles. The predicted molar refractivity (Wildman–Crippen MR) is 87.2 cm³/mol. The molecule has 0 saturated heterocycles. The molecule has 1 unspecified atom stereocenters. The average Bonchev–Trinajstić information content (AvgIpc) is 2.44. The normalized spacial score (nSPS) is 15.8. The summed E-state index contributed by atoms with van der Waals surface area (Å²) >= 11 is -1.85. The van der Waals surface area contributed by atoms with Gasteiger partial charge in [-0.1, -0.05) is 16.5 Å². The Morgan fingerprint density at radius 2 is 1.72 bits per heavy atom. The van der Waals surface area contributed by atoms with Crippen LogP contribution in [0.5, 0.6) is 0 Å². The lowest BCUT2D eigenvalue weighted by Crippen LogP contribution is -2.30. The van der Waals surface area contributed by atoms with Gasteiger partial charge in [0.05, 0.1) is 18.1 Å². The highest BCUT2D eigenvalue weighted by molar-refractivity contribution is 7.91. The lowest BCUT2D eigenvalue weighted by Gasteiger charge is -2.22. The minimum absolute atomic E-state index is 0.165. The van der Waals surface area contributed by atoms with Gasteiger partial charge in [0.1, 0.15) is 21.9 Å². The van der Waals surface area contributed by atoms with E-state index >= 15 is 0 Å². The fraction of sp³-hybridized carbons (Fsp3) is 0.500. The van der Waals surface area contributed by atoms with Crippen molar-refractivity contribution in [3.8, 4) is 0 Å². The van der Waals surface area contributed by atoms with Crippen LogP contribution in [0.15, 0.2) is 28.7 Å². The third-order valence-corrected chi connectivity index (χ3v) is 4.65. The number of benzene rings is 1. The molecular formula is C16H19F4NO3S. The molecule has 0 amide bonds. The monoisotopic (exact) mass is 381 g/mol. The van der Waals surface area contributed by atoms with E-state index in [1.54, 1.807) is 20.8 Å². The van der Waals surface area contributed by atoms with Crippen LogP contribution in [-0.2, 0) is 16.2 Å². The zero-order valence-corrected chi connectivity index (χ0v) is 14.7. The molecule has 9 heteroatoms. The molecule has 4 nitrogen and oxygen atoms in total. The Kier molecular flexibility index (Phi) is 7.01. The van der Waals surface area contributed by atoms with E-state index in [9.17, 15) is 26.9 Å². The number of rotatable bonds is 6. The van der Waals surface area contributed by atoms with Gasteiger partial charge in [0, 0.05) is 12.0 Å². The Bertz CT molecular complexity index is 624. The summed E-state index contributed by atoms with van der Waals surface area (Å²) in [6.45, 7) is 4.81. The minimum Gasteiger partial charge on any atom is -0.591 e. The Hall–Kier alpha value is -1.61.